The molecule has 0 bridgehead atoms. The molecule has 2 aromatic heterocycles. The van der Waals surface area contributed by atoms with E-state index in [2.05, 4.69) is 51.4 Å². The highest BCUT2D eigenvalue weighted by molar-refractivity contribution is 5.71. The number of nitrogens with zero attached hydrogens (tertiary/aromatic N) is 4. The maximum absolute atomic E-state index is 10.8. The summed E-state index contributed by atoms with van der Waals surface area (Å²) in [5.41, 5.74) is 3.47. The van der Waals surface area contributed by atoms with Gasteiger partial charge in [-0.15, -0.1) is 0 Å². The Hall–Kier alpha value is -3.13. The summed E-state index contributed by atoms with van der Waals surface area (Å²) in [6.07, 6.45) is 5.65. The lowest BCUT2D eigenvalue weighted by Crippen LogP contribution is -2.43. The van der Waals surface area contributed by atoms with Gasteiger partial charge in [0.1, 0.15) is 5.69 Å². The lowest BCUT2D eigenvalue weighted by atomic mass is 9.80. The fourth-order valence-corrected chi connectivity index (χ4v) is 3.50. The van der Waals surface area contributed by atoms with E-state index in [1.807, 2.05) is 12.1 Å². The largest absolute Gasteiger partial charge is 0.481 e. The van der Waals surface area contributed by atoms with Gasteiger partial charge in [0.25, 0.3) is 5.89 Å². The van der Waals surface area contributed by atoms with Crippen molar-refractivity contribution in [2.24, 2.45) is 11.8 Å². The lowest BCUT2D eigenvalue weighted by molar-refractivity contribution is -0.145. The Morgan fingerprint density at radius 2 is 1.97 bits per heavy atom. The van der Waals surface area contributed by atoms with Gasteiger partial charge >= 0.3 is 5.97 Å². The molecule has 0 atom stereocenters. The highest BCUT2D eigenvalue weighted by atomic mass is 16.5. The molecule has 8 nitrogen and oxygen atoms in total. The molecule has 30 heavy (non-hydrogen) atoms. The molecule has 0 unspecified atom stereocenters. The molecule has 1 saturated carbocycles. The first kappa shape index (κ1) is 20.2. The second-order valence-corrected chi connectivity index (χ2v) is 8.20. The molecule has 1 aliphatic carbocycles. The number of carboxylic acids is 1. The zero-order chi connectivity index (χ0) is 21.1. The zero-order valence-corrected chi connectivity index (χ0v) is 17.1. The topological polar surface area (TPSA) is 114 Å². The zero-order valence-electron chi connectivity index (χ0n) is 17.1. The van der Waals surface area contributed by atoms with E-state index in [1.165, 1.54) is 5.56 Å². The van der Waals surface area contributed by atoms with Crippen LogP contribution in [0.15, 0.2) is 41.2 Å². The standard InChI is InChI=1S/C22H25N5O3/c1-13(2)7-14-3-5-15(6-4-14)21-26-20(27-30-21)19-12-24-18(11-25-19)10-23-17-8-16(9-17)22(28)29/h3-6,11-13,16-17,23H,7-10H2,1-2H3,(H,28,29)/t16-,17+. The van der Waals surface area contributed by atoms with Gasteiger partial charge in [-0.2, -0.15) is 4.98 Å². The third-order valence-electron chi connectivity index (χ3n) is 5.26. The number of benzene rings is 1. The molecular weight excluding hydrogens is 382 g/mol. The van der Waals surface area contributed by atoms with Gasteiger partial charge in [0.15, 0.2) is 0 Å². The second kappa shape index (κ2) is 8.71. The monoisotopic (exact) mass is 407 g/mol. The van der Waals surface area contributed by atoms with Crippen LogP contribution < -0.4 is 5.32 Å². The SMILES string of the molecule is CC(C)Cc1ccc(-c2nc(-c3cnc(CN[C@H]4C[C@@H](C(=O)O)C4)cn3)no2)cc1. The van der Waals surface area contributed by atoms with E-state index in [-0.39, 0.29) is 12.0 Å². The molecule has 0 saturated heterocycles. The fourth-order valence-electron chi connectivity index (χ4n) is 3.50. The molecule has 156 valence electrons. The third-order valence-corrected chi connectivity index (χ3v) is 5.26. The predicted octanol–water partition coefficient (Wildman–Crippen LogP) is 3.34. The summed E-state index contributed by atoms with van der Waals surface area (Å²) in [6, 6.07) is 8.37. The van der Waals surface area contributed by atoms with Crippen molar-refractivity contribution in [2.45, 2.75) is 45.7 Å². The molecule has 0 amide bonds. The lowest BCUT2D eigenvalue weighted by Gasteiger charge is -2.32. The molecule has 3 aromatic rings. The first-order chi connectivity index (χ1) is 14.5. The van der Waals surface area contributed by atoms with E-state index in [4.69, 9.17) is 9.63 Å². The van der Waals surface area contributed by atoms with Crippen LogP contribution in [0.5, 0.6) is 0 Å². The van der Waals surface area contributed by atoms with Gasteiger partial charge in [0.2, 0.25) is 5.82 Å². The van der Waals surface area contributed by atoms with Crippen molar-refractivity contribution < 1.29 is 14.4 Å². The maximum atomic E-state index is 10.8. The molecule has 1 aliphatic rings. The number of aliphatic carboxylic acids is 1. The first-order valence-electron chi connectivity index (χ1n) is 10.2. The summed E-state index contributed by atoms with van der Waals surface area (Å²) in [5.74, 6) is 0.508. The molecule has 8 heteroatoms. The number of carboxylic acid groups (broad SMARTS) is 1. The van der Waals surface area contributed by atoms with Gasteiger partial charge in [-0.3, -0.25) is 9.78 Å². The number of nitrogens with one attached hydrogen (secondary N) is 1. The highest BCUT2D eigenvalue weighted by Crippen LogP contribution is 2.27. The van der Waals surface area contributed by atoms with Gasteiger partial charge in [0.05, 0.1) is 24.0 Å². The Morgan fingerprint density at radius 1 is 1.20 bits per heavy atom. The molecule has 1 aromatic carbocycles. The van der Waals surface area contributed by atoms with Crippen LogP contribution in [-0.2, 0) is 17.8 Å². The van der Waals surface area contributed by atoms with Crippen molar-refractivity contribution in [3.63, 3.8) is 0 Å². The second-order valence-electron chi connectivity index (χ2n) is 8.20. The number of rotatable bonds is 8. The van der Waals surface area contributed by atoms with E-state index in [0.29, 0.717) is 42.7 Å². The number of hydrogen-bond donors (Lipinski definition) is 2. The highest BCUT2D eigenvalue weighted by Gasteiger charge is 2.33. The Morgan fingerprint density at radius 3 is 2.60 bits per heavy atom. The third kappa shape index (κ3) is 4.71. The predicted molar refractivity (Wildman–Crippen MR) is 110 cm³/mol. The van der Waals surface area contributed by atoms with Crippen LogP contribution >= 0.6 is 0 Å². The van der Waals surface area contributed by atoms with E-state index in [0.717, 1.165) is 17.7 Å². The summed E-state index contributed by atoms with van der Waals surface area (Å²) in [5, 5.41) is 16.3. The summed E-state index contributed by atoms with van der Waals surface area (Å²) >= 11 is 0. The van der Waals surface area contributed by atoms with Crippen molar-refractivity contribution in [3.05, 3.63) is 47.9 Å². The quantitative estimate of drug-likeness (QED) is 0.584. The summed E-state index contributed by atoms with van der Waals surface area (Å²) in [4.78, 5) is 24.1. The van der Waals surface area contributed by atoms with Gasteiger partial charge in [-0.05, 0) is 42.9 Å². The Labute approximate surface area is 174 Å². The minimum atomic E-state index is -0.719. The van der Waals surface area contributed by atoms with E-state index < -0.39 is 5.97 Å². The van der Waals surface area contributed by atoms with E-state index in [9.17, 15) is 4.79 Å². The van der Waals surface area contributed by atoms with Crippen LogP contribution in [-0.4, -0.2) is 37.2 Å². The molecule has 0 spiro atoms. The van der Waals surface area contributed by atoms with Crippen LogP contribution in [0.25, 0.3) is 23.0 Å². The van der Waals surface area contributed by atoms with E-state index in [1.54, 1.807) is 12.4 Å². The number of aromatic nitrogens is 4. The summed E-state index contributed by atoms with van der Waals surface area (Å²) in [6.45, 7) is 4.94. The first-order valence-corrected chi connectivity index (χ1v) is 10.2. The average molecular weight is 407 g/mol. The molecule has 4 rings (SSSR count). The minimum absolute atomic E-state index is 0.222. The minimum Gasteiger partial charge on any atom is -0.481 e. The number of carbonyl (C=O) groups is 1. The van der Waals surface area contributed by atoms with Crippen LogP contribution in [0, 0.1) is 11.8 Å². The van der Waals surface area contributed by atoms with Gasteiger partial charge < -0.3 is 14.9 Å². The van der Waals surface area contributed by atoms with Crippen LogP contribution in [0.4, 0.5) is 0 Å². The molecule has 1 fully saturated rings. The van der Waals surface area contributed by atoms with Gasteiger partial charge in [-0.25, -0.2) is 4.98 Å². The molecule has 0 radical (unpaired) electrons. The smallest absolute Gasteiger partial charge is 0.306 e. The van der Waals surface area contributed by atoms with Crippen LogP contribution in [0.3, 0.4) is 0 Å². The summed E-state index contributed by atoms with van der Waals surface area (Å²) < 4.78 is 5.40. The van der Waals surface area contributed by atoms with Crippen LogP contribution in [0.2, 0.25) is 0 Å². The van der Waals surface area contributed by atoms with Crippen molar-refractivity contribution in [2.75, 3.05) is 0 Å². The van der Waals surface area contributed by atoms with Crippen molar-refractivity contribution in [3.8, 4) is 23.0 Å². The van der Waals surface area contributed by atoms with Gasteiger partial charge in [-0.1, -0.05) is 31.1 Å². The Balaban J connectivity index is 1.35. The average Bonchev–Trinajstić information content (AvgIpc) is 3.17. The van der Waals surface area contributed by atoms with Crippen LogP contribution in [0.1, 0.15) is 37.9 Å². The van der Waals surface area contributed by atoms with Crippen molar-refractivity contribution >= 4 is 5.97 Å². The van der Waals surface area contributed by atoms with Gasteiger partial charge in [0, 0.05) is 18.2 Å². The van der Waals surface area contributed by atoms with Crippen molar-refractivity contribution in [1.29, 1.82) is 0 Å². The normalized spacial score (nSPS) is 18.4. The van der Waals surface area contributed by atoms with Crippen molar-refractivity contribution in [1.82, 2.24) is 25.4 Å². The maximum Gasteiger partial charge on any atom is 0.306 e. The fraction of sp³-hybridized carbons (Fsp3) is 0.409. The van der Waals surface area contributed by atoms with E-state index >= 15 is 0 Å². The molecular formula is C22H25N5O3. The summed E-state index contributed by atoms with van der Waals surface area (Å²) in [7, 11) is 0. The molecule has 2 heterocycles. The molecule has 2 N–H and O–H groups in total. The Bertz CT molecular complexity index is 992. The molecule has 0 aliphatic heterocycles. The number of hydrogen-bond acceptors (Lipinski definition) is 7. The Kier molecular flexibility index (Phi) is 5.85.